The van der Waals surface area contributed by atoms with Gasteiger partial charge in [-0.2, -0.15) is 11.8 Å². The summed E-state index contributed by atoms with van der Waals surface area (Å²) in [6, 6.07) is 7.47. The van der Waals surface area contributed by atoms with E-state index in [0.717, 1.165) is 28.2 Å². The van der Waals surface area contributed by atoms with Crippen molar-refractivity contribution in [3.63, 3.8) is 0 Å². The number of thioether (sulfide) groups is 1. The maximum absolute atomic E-state index is 10.9. The van der Waals surface area contributed by atoms with Gasteiger partial charge in [-0.3, -0.25) is 4.79 Å². The molecule has 0 aliphatic carbocycles. The van der Waals surface area contributed by atoms with E-state index in [1.807, 2.05) is 30.3 Å². The van der Waals surface area contributed by atoms with Crippen LogP contribution < -0.4 is 0 Å². The molecule has 0 radical (unpaired) electrons. The first-order valence-electron chi connectivity index (χ1n) is 5.87. The van der Waals surface area contributed by atoms with Crippen LogP contribution in [0.15, 0.2) is 29.8 Å². The Hall–Kier alpha value is -1.26. The maximum atomic E-state index is 10.9. The van der Waals surface area contributed by atoms with Gasteiger partial charge < -0.3 is 10.2 Å². The average Bonchev–Trinajstić information content (AvgIpc) is 2.75. The summed E-state index contributed by atoms with van der Waals surface area (Å²) in [6.07, 6.45) is 1.65. The van der Waals surface area contributed by atoms with Crippen LogP contribution in [0.1, 0.15) is 24.0 Å². The van der Waals surface area contributed by atoms with Crippen LogP contribution in [0.5, 0.6) is 0 Å². The lowest BCUT2D eigenvalue weighted by Crippen LogP contribution is -2.07. The van der Waals surface area contributed by atoms with E-state index in [1.54, 1.807) is 18.7 Å². The Morgan fingerprint density at radius 1 is 1.44 bits per heavy atom. The third-order valence-corrected chi connectivity index (χ3v) is 4.22. The lowest BCUT2D eigenvalue weighted by molar-refractivity contribution is -0.138. The Bertz CT molecular complexity index is 464. The minimum atomic E-state index is -0.816. The zero-order valence-electron chi connectivity index (χ0n) is 10.2. The number of carboxylic acids is 1. The Labute approximate surface area is 111 Å². The highest BCUT2D eigenvalue weighted by Gasteiger charge is 2.18. The monoisotopic (exact) mass is 264 g/mol. The van der Waals surface area contributed by atoms with Gasteiger partial charge in [0.2, 0.25) is 0 Å². The van der Waals surface area contributed by atoms with E-state index in [9.17, 15) is 9.90 Å². The predicted molar refractivity (Wildman–Crippen MR) is 73.8 cm³/mol. The normalized spacial score (nSPS) is 23.2. The third-order valence-electron chi connectivity index (χ3n) is 3.13. The van der Waals surface area contributed by atoms with Crippen LogP contribution in [0.4, 0.5) is 0 Å². The topological polar surface area (TPSA) is 57.5 Å². The Morgan fingerprint density at radius 2 is 2.11 bits per heavy atom. The number of aliphatic hydroxyl groups is 1. The molecule has 0 bridgehead atoms. The lowest BCUT2D eigenvalue weighted by atomic mass is 9.99. The molecule has 2 unspecified atom stereocenters. The molecule has 3 nitrogen and oxygen atoms in total. The van der Waals surface area contributed by atoms with E-state index in [-0.39, 0.29) is 6.10 Å². The van der Waals surface area contributed by atoms with Crippen molar-refractivity contribution in [1.82, 2.24) is 0 Å². The highest BCUT2D eigenvalue weighted by Crippen LogP contribution is 2.26. The molecule has 0 amide bonds. The summed E-state index contributed by atoms with van der Waals surface area (Å²) in [5, 5.41) is 18.6. The lowest BCUT2D eigenvalue weighted by Gasteiger charge is -2.07. The second-order valence-electron chi connectivity index (χ2n) is 4.48. The molecule has 1 aromatic carbocycles. The summed E-state index contributed by atoms with van der Waals surface area (Å²) in [7, 11) is 0. The molecule has 0 saturated carbocycles. The van der Waals surface area contributed by atoms with Crippen LogP contribution in [0.2, 0.25) is 0 Å². The molecule has 1 fully saturated rings. The standard InChI is InChI=1S/C14H16O3S/c1-9(14(16)17)11-4-2-10(3-5-11)6-12-7-18-8-13(12)15/h2-6,9,13,15H,7-8H2,1H3,(H,16,17). The summed E-state index contributed by atoms with van der Waals surface area (Å²) in [4.78, 5) is 10.9. The third kappa shape index (κ3) is 2.94. The Kier molecular flexibility index (Phi) is 4.09. The first-order chi connectivity index (χ1) is 8.58. The van der Waals surface area contributed by atoms with Gasteiger partial charge in [-0.15, -0.1) is 0 Å². The number of benzene rings is 1. The number of rotatable bonds is 3. The summed E-state index contributed by atoms with van der Waals surface area (Å²) in [5.41, 5.74) is 2.85. The van der Waals surface area contributed by atoms with Gasteiger partial charge >= 0.3 is 5.97 Å². The molecule has 1 aliphatic heterocycles. The summed E-state index contributed by atoms with van der Waals surface area (Å²) >= 11 is 1.73. The molecule has 1 saturated heterocycles. The van der Waals surface area contributed by atoms with Crippen molar-refractivity contribution < 1.29 is 15.0 Å². The maximum Gasteiger partial charge on any atom is 0.310 e. The van der Waals surface area contributed by atoms with Crippen LogP contribution in [0.25, 0.3) is 6.08 Å². The quantitative estimate of drug-likeness (QED) is 0.880. The van der Waals surface area contributed by atoms with Gasteiger partial charge in [0.05, 0.1) is 12.0 Å². The number of aliphatic hydroxyl groups excluding tert-OH is 1. The van der Waals surface area contributed by atoms with Crippen molar-refractivity contribution in [2.24, 2.45) is 0 Å². The molecular formula is C14H16O3S. The second-order valence-corrected chi connectivity index (χ2v) is 5.51. The van der Waals surface area contributed by atoms with E-state index in [2.05, 4.69) is 0 Å². The molecule has 1 heterocycles. The highest BCUT2D eigenvalue weighted by molar-refractivity contribution is 7.99. The first kappa shape index (κ1) is 13.2. The Balaban J connectivity index is 2.15. The smallest absolute Gasteiger partial charge is 0.310 e. The van der Waals surface area contributed by atoms with Gasteiger partial charge in [-0.25, -0.2) is 0 Å². The summed E-state index contributed by atoms with van der Waals surface area (Å²) in [5.74, 6) is 0.331. The first-order valence-corrected chi connectivity index (χ1v) is 7.02. The molecule has 4 heteroatoms. The van der Waals surface area contributed by atoms with E-state index >= 15 is 0 Å². The van der Waals surface area contributed by atoms with Crippen molar-refractivity contribution >= 4 is 23.8 Å². The van der Waals surface area contributed by atoms with Crippen LogP contribution in [-0.4, -0.2) is 33.8 Å². The van der Waals surface area contributed by atoms with Gasteiger partial charge in [0.15, 0.2) is 0 Å². The van der Waals surface area contributed by atoms with Crippen molar-refractivity contribution in [1.29, 1.82) is 0 Å². The SMILES string of the molecule is CC(C(=O)O)c1ccc(C=C2CSCC2O)cc1. The number of carboxylic acid groups (broad SMARTS) is 1. The minimum Gasteiger partial charge on any atom is -0.481 e. The zero-order valence-corrected chi connectivity index (χ0v) is 11.0. The molecule has 1 aliphatic rings. The number of carbonyl (C=O) groups is 1. The van der Waals surface area contributed by atoms with Crippen LogP contribution in [-0.2, 0) is 4.79 Å². The van der Waals surface area contributed by atoms with Crippen molar-refractivity contribution in [2.75, 3.05) is 11.5 Å². The van der Waals surface area contributed by atoms with Gasteiger partial charge in [0.25, 0.3) is 0 Å². The zero-order chi connectivity index (χ0) is 13.1. The molecule has 0 spiro atoms. The van der Waals surface area contributed by atoms with Crippen LogP contribution in [0, 0.1) is 0 Å². The average molecular weight is 264 g/mol. The molecule has 96 valence electrons. The van der Waals surface area contributed by atoms with Gasteiger partial charge in [0, 0.05) is 11.5 Å². The summed E-state index contributed by atoms with van der Waals surface area (Å²) < 4.78 is 0. The van der Waals surface area contributed by atoms with E-state index in [1.165, 1.54) is 0 Å². The number of aliphatic carboxylic acids is 1. The van der Waals surface area contributed by atoms with Crippen molar-refractivity contribution in [3.8, 4) is 0 Å². The Morgan fingerprint density at radius 3 is 2.61 bits per heavy atom. The fraction of sp³-hybridized carbons (Fsp3) is 0.357. The molecule has 2 atom stereocenters. The molecule has 2 rings (SSSR count). The summed E-state index contributed by atoms with van der Waals surface area (Å²) in [6.45, 7) is 1.67. The van der Waals surface area contributed by atoms with E-state index < -0.39 is 11.9 Å². The highest BCUT2D eigenvalue weighted by atomic mass is 32.2. The number of hydrogen-bond acceptors (Lipinski definition) is 3. The molecule has 0 aromatic heterocycles. The number of hydrogen-bond donors (Lipinski definition) is 2. The van der Waals surface area contributed by atoms with E-state index in [4.69, 9.17) is 5.11 Å². The van der Waals surface area contributed by atoms with Crippen LogP contribution >= 0.6 is 11.8 Å². The molecular weight excluding hydrogens is 248 g/mol. The van der Waals surface area contributed by atoms with Gasteiger partial charge in [-0.05, 0) is 23.6 Å². The predicted octanol–water partition coefficient (Wildman–Crippen LogP) is 2.37. The molecule has 1 aromatic rings. The van der Waals surface area contributed by atoms with E-state index in [0.29, 0.717) is 0 Å². The largest absolute Gasteiger partial charge is 0.481 e. The van der Waals surface area contributed by atoms with Gasteiger partial charge in [-0.1, -0.05) is 30.3 Å². The minimum absolute atomic E-state index is 0.340. The van der Waals surface area contributed by atoms with Crippen molar-refractivity contribution in [2.45, 2.75) is 18.9 Å². The molecule has 2 N–H and O–H groups in total. The van der Waals surface area contributed by atoms with Crippen LogP contribution in [0.3, 0.4) is 0 Å². The van der Waals surface area contributed by atoms with Crippen molar-refractivity contribution in [3.05, 3.63) is 41.0 Å². The van der Waals surface area contributed by atoms with Gasteiger partial charge in [0.1, 0.15) is 0 Å². The fourth-order valence-corrected chi connectivity index (χ4v) is 2.93. The second kappa shape index (κ2) is 5.59. The fourth-order valence-electron chi connectivity index (χ4n) is 1.87. The molecule has 18 heavy (non-hydrogen) atoms.